The van der Waals surface area contributed by atoms with Gasteiger partial charge in [-0.25, -0.2) is 4.79 Å². The minimum absolute atomic E-state index is 0.250. The van der Waals surface area contributed by atoms with Crippen molar-refractivity contribution >= 4 is 12.4 Å². The van der Waals surface area contributed by atoms with Gasteiger partial charge < -0.3 is 14.6 Å². The Morgan fingerprint density at radius 3 is 2.53 bits per heavy atom. The molecule has 0 saturated carbocycles. The Morgan fingerprint density at radius 2 is 2.13 bits per heavy atom. The number of carboxylic acid groups (broad SMARTS) is 1. The zero-order chi connectivity index (χ0) is 11.6. The molecule has 0 bridgehead atoms. The Balaban J connectivity index is 2.89. The lowest BCUT2D eigenvalue weighted by atomic mass is 9.83. The summed E-state index contributed by atoms with van der Waals surface area (Å²) in [6, 6.07) is -0.698. The Labute approximate surface area is 89.0 Å². The first-order valence-electron chi connectivity index (χ1n) is 4.94. The topological polar surface area (TPSA) is 66.8 Å². The van der Waals surface area contributed by atoms with Crippen molar-refractivity contribution in [3.63, 3.8) is 0 Å². The van der Waals surface area contributed by atoms with E-state index in [0.717, 1.165) is 4.90 Å². The molecule has 1 rings (SSSR count). The second kappa shape index (κ2) is 4.18. The van der Waals surface area contributed by atoms with E-state index in [9.17, 15) is 9.59 Å². The van der Waals surface area contributed by atoms with Gasteiger partial charge in [0, 0.05) is 6.54 Å². The van der Waals surface area contributed by atoms with Crippen LogP contribution in [-0.2, 0) is 9.53 Å². The second-order valence-electron chi connectivity index (χ2n) is 4.76. The molecule has 0 aliphatic carbocycles. The molecule has 0 radical (unpaired) electrons. The fraction of sp³-hybridized carbons (Fsp3) is 0.800. The number of carbonyl (C=O) groups is 2. The van der Waals surface area contributed by atoms with Gasteiger partial charge in [0.05, 0.1) is 12.7 Å². The van der Waals surface area contributed by atoms with E-state index in [0.29, 0.717) is 12.9 Å². The van der Waals surface area contributed by atoms with Crippen molar-refractivity contribution in [1.29, 1.82) is 0 Å². The first-order chi connectivity index (χ1) is 6.88. The Morgan fingerprint density at radius 1 is 1.53 bits per heavy atom. The van der Waals surface area contributed by atoms with E-state index >= 15 is 0 Å². The monoisotopic (exact) mass is 215 g/mol. The zero-order valence-corrected chi connectivity index (χ0v) is 9.27. The minimum atomic E-state index is -1.07. The van der Waals surface area contributed by atoms with E-state index in [-0.39, 0.29) is 18.1 Å². The molecule has 2 unspecified atom stereocenters. The molecule has 5 nitrogen and oxygen atoms in total. The summed E-state index contributed by atoms with van der Waals surface area (Å²) in [5, 5.41) is 8.93. The van der Waals surface area contributed by atoms with Crippen molar-refractivity contribution in [1.82, 2.24) is 4.90 Å². The predicted octanol–water partition coefficient (Wildman–Crippen LogP) is 0.979. The average molecular weight is 215 g/mol. The minimum Gasteiger partial charge on any atom is -0.465 e. The number of morpholine rings is 1. The van der Waals surface area contributed by atoms with Gasteiger partial charge in [0.15, 0.2) is 0 Å². The van der Waals surface area contributed by atoms with Crippen LogP contribution in [0.1, 0.15) is 20.8 Å². The van der Waals surface area contributed by atoms with E-state index in [4.69, 9.17) is 9.84 Å². The van der Waals surface area contributed by atoms with Crippen LogP contribution in [-0.4, -0.2) is 47.7 Å². The number of hydrogen-bond donors (Lipinski definition) is 1. The lowest BCUT2D eigenvalue weighted by Crippen LogP contribution is -2.58. The molecular formula is C10H17NO4. The van der Waals surface area contributed by atoms with Gasteiger partial charge in [-0.15, -0.1) is 0 Å². The smallest absolute Gasteiger partial charge is 0.408 e. The van der Waals surface area contributed by atoms with Crippen LogP contribution in [0.3, 0.4) is 0 Å². The van der Waals surface area contributed by atoms with Gasteiger partial charge in [0.25, 0.3) is 0 Å². The summed E-state index contributed by atoms with van der Waals surface area (Å²) in [6.07, 6.45) is -0.784. The van der Waals surface area contributed by atoms with Crippen molar-refractivity contribution in [2.45, 2.75) is 32.9 Å². The summed E-state index contributed by atoms with van der Waals surface area (Å²) in [6.45, 7) is 6.39. The maximum Gasteiger partial charge on any atom is 0.408 e. The van der Waals surface area contributed by atoms with Crippen LogP contribution in [0, 0.1) is 5.41 Å². The Hall–Kier alpha value is -1.10. The third kappa shape index (κ3) is 2.47. The molecule has 1 aliphatic heterocycles. The first-order valence-corrected chi connectivity index (χ1v) is 4.94. The molecule has 1 saturated heterocycles. The highest BCUT2D eigenvalue weighted by Gasteiger charge is 2.41. The number of amides is 1. The number of hydrogen-bond acceptors (Lipinski definition) is 3. The van der Waals surface area contributed by atoms with Crippen molar-refractivity contribution < 1.29 is 19.4 Å². The van der Waals surface area contributed by atoms with E-state index in [1.165, 1.54) is 0 Å². The highest BCUT2D eigenvalue weighted by molar-refractivity contribution is 5.72. The summed E-state index contributed by atoms with van der Waals surface area (Å²) in [4.78, 5) is 23.0. The average Bonchev–Trinajstić information content (AvgIpc) is 2.15. The van der Waals surface area contributed by atoms with Gasteiger partial charge in [-0.1, -0.05) is 20.8 Å². The molecule has 0 aromatic rings. The van der Waals surface area contributed by atoms with Gasteiger partial charge >= 0.3 is 6.09 Å². The molecule has 5 heteroatoms. The number of ether oxygens (including phenoxy) is 1. The molecule has 2 atom stereocenters. The van der Waals surface area contributed by atoms with Crippen molar-refractivity contribution in [2.24, 2.45) is 5.41 Å². The summed E-state index contributed by atoms with van der Waals surface area (Å²) in [5.74, 6) is 0. The van der Waals surface area contributed by atoms with Crippen LogP contribution in [0.2, 0.25) is 0 Å². The first kappa shape index (κ1) is 12.0. The van der Waals surface area contributed by atoms with Crippen molar-refractivity contribution in [3.05, 3.63) is 0 Å². The molecule has 1 N–H and O–H groups in total. The zero-order valence-electron chi connectivity index (χ0n) is 9.27. The summed E-state index contributed by atoms with van der Waals surface area (Å²) >= 11 is 0. The second-order valence-corrected chi connectivity index (χ2v) is 4.76. The SMILES string of the molecule is CC(C)(C)C1OCCN(C(=O)O)C1C=O. The molecule has 1 fully saturated rings. The summed E-state index contributed by atoms with van der Waals surface area (Å²) in [7, 11) is 0. The lowest BCUT2D eigenvalue weighted by Gasteiger charge is -2.42. The number of rotatable bonds is 1. The third-order valence-electron chi connectivity index (χ3n) is 2.54. The third-order valence-corrected chi connectivity index (χ3v) is 2.54. The Bertz CT molecular complexity index is 259. The van der Waals surface area contributed by atoms with E-state index in [1.807, 2.05) is 20.8 Å². The predicted molar refractivity (Wildman–Crippen MR) is 53.8 cm³/mol. The lowest BCUT2D eigenvalue weighted by molar-refractivity contribution is -0.135. The molecule has 1 heterocycles. The van der Waals surface area contributed by atoms with Gasteiger partial charge in [0.1, 0.15) is 12.3 Å². The van der Waals surface area contributed by atoms with Crippen LogP contribution >= 0.6 is 0 Å². The fourth-order valence-electron chi connectivity index (χ4n) is 1.82. The number of aldehydes is 1. The van der Waals surface area contributed by atoms with Gasteiger partial charge in [-0.05, 0) is 5.41 Å². The summed E-state index contributed by atoms with van der Waals surface area (Å²) in [5.41, 5.74) is -0.250. The van der Waals surface area contributed by atoms with Gasteiger partial charge in [0.2, 0.25) is 0 Å². The largest absolute Gasteiger partial charge is 0.465 e. The van der Waals surface area contributed by atoms with Crippen molar-refractivity contribution in [3.8, 4) is 0 Å². The number of nitrogens with zero attached hydrogens (tertiary/aromatic N) is 1. The molecule has 1 amide bonds. The molecule has 15 heavy (non-hydrogen) atoms. The summed E-state index contributed by atoms with van der Waals surface area (Å²) < 4.78 is 5.49. The molecule has 1 aliphatic rings. The molecule has 86 valence electrons. The van der Waals surface area contributed by atoms with E-state index < -0.39 is 12.1 Å². The fourth-order valence-corrected chi connectivity index (χ4v) is 1.82. The van der Waals surface area contributed by atoms with Gasteiger partial charge in [-0.3, -0.25) is 4.90 Å². The van der Waals surface area contributed by atoms with Gasteiger partial charge in [-0.2, -0.15) is 0 Å². The van der Waals surface area contributed by atoms with Crippen molar-refractivity contribution in [2.75, 3.05) is 13.2 Å². The molecular weight excluding hydrogens is 198 g/mol. The van der Waals surface area contributed by atoms with E-state index in [2.05, 4.69) is 0 Å². The molecule has 0 spiro atoms. The highest BCUT2D eigenvalue weighted by atomic mass is 16.5. The van der Waals surface area contributed by atoms with Crippen LogP contribution in [0.15, 0.2) is 0 Å². The highest BCUT2D eigenvalue weighted by Crippen LogP contribution is 2.29. The Kier molecular flexibility index (Phi) is 3.34. The quantitative estimate of drug-likeness (QED) is 0.662. The maximum absolute atomic E-state index is 10.9. The molecule has 0 aromatic heterocycles. The van der Waals surface area contributed by atoms with Crippen LogP contribution < -0.4 is 0 Å². The number of carbonyl (C=O) groups excluding carboxylic acids is 1. The maximum atomic E-state index is 10.9. The van der Waals surface area contributed by atoms with E-state index in [1.54, 1.807) is 0 Å². The van der Waals surface area contributed by atoms with Crippen LogP contribution in [0.25, 0.3) is 0 Å². The standard InChI is InChI=1S/C10H17NO4/c1-10(2,3)8-7(6-12)11(9(13)14)4-5-15-8/h6-8H,4-5H2,1-3H3,(H,13,14). The normalized spacial score (nSPS) is 27.5. The van der Waals surface area contributed by atoms with Crippen LogP contribution in [0.5, 0.6) is 0 Å². The molecule has 0 aromatic carbocycles. The van der Waals surface area contributed by atoms with Crippen LogP contribution in [0.4, 0.5) is 4.79 Å².